The average molecular weight is 422 g/mol. The summed E-state index contributed by atoms with van der Waals surface area (Å²) in [6.45, 7) is -0.431. The molecule has 0 bridgehead atoms. The largest absolute Gasteiger partial charge is 0.493 e. The number of hydrogen-bond acceptors (Lipinski definition) is 7. The molecule has 0 radical (unpaired) electrons. The first-order valence-corrected chi connectivity index (χ1v) is 9.39. The van der Waals surface area contributed by atoms with Crippen LogP contribution in [-0.4, -0.2) is 39.7 Å². The fraction of sp³-hybridized carbons (Fsp3) is 0.167. The predicted molar refractivity (Wildman–Crippen MR) is 114 cm³/mol. The van der Waals surface area contributed by atoms with Crippen molar-refractivity contribution in [2.24, 2.45) is 0 Å². The van der Waals surface area contributed by atoms with Crippen LogP contribution in [0.2, 0.25) is 0 Å². The molecule has 7 heteroatoms. The van der Waals surface area contributed by atoms with Crippen LogP contribution in [-0.2, 0) is 4.74 Å². The van der Waals surface area contributed by atoms with Gasteiger partial charge in [-0.25, -0.2) is 4.79 Å². The Morgan fingerprint density at radius 2 is 1.29 bits per heavy atom. The van der Waals surface area contributed by atoms with Crippen molar-refractivity contribution in [1.29, 1.82) is 0 Å². The zero-order chi connectivity index (χ0) is 22.2. The first-order chi connectivity index (χ1) is 15.0. The quantitative estimate of drug-likeness (QED) is 0.370. The lowest BCUT2D eigenvalue weighted by Crippen LogP contribution is -2.14. The summed E-state index contributed by atoms with van der Waals surface area (Å²) in [7, 11) is 4.38. The summed E-state index contributed by atoms with van der Waals surface area (Å²) in [5.41, 5.74) is 0.576. The highest BCUT2D eigenvalue weighted by Gasteiger charge is 2.18. The van der Waals surface area contributed by atoms with Crippen LogP contribution in [0.3, 0.4) is 0 Å². The summed E-state index contributed by atoms with van der Waals surface area (Å²) in [6.07, 6.45) is 0. The number of para-hydroxylation sites is 1. The lowest BCUT2D eigenvalue weighted by atomic mass is 10.1. The van der Waals surface area contributed by atoms with E-state index in [0.29, 0.717) is 34.3 Å². The molecule has 160 valence electrons. The lowest BCUT2D eigenvalue weighted by Gasteiger charge is -2.13. The molecule has 0 unspecified atom stereocenters. The topological polar surface area (TPSA) is 80.3 Å². The van der Waals surface area contributed by atoms with E-state index in [1.54, 1.807) is 24.3 Å². The molecule has 0 aromatic heterocycles. The minimum atomic E-state index is -0.618. The van der Waals surface area contributed by atoms with Crippen molar-refractivity contribution in [3.8, 4) is 28.7 Å². The van der Waals surface area contributed by atoms with E-state index in [9.17, 15) is 9.59 Å². The maximum atomic E-state index is 12.5. The second-order valence-corrected chi connectivity index (χ2v) is 6.35. The number of benzene rings is 3. The molecule has 7 nitrogen and oxygen atoms in total. The Morgan fingerprint density at radius 3 is 1.84 bits per heavy atom. The minimum absolute atomic E-state index is 0.272. The van der Waals surface area contributed by atoms with Crippen LogP contribution in [0.25, 0.3) is 0 Å². The number of hydrogen-bond donors (Lipinski definition) is 0. The van der Waals surface area contributed by atoms with E-state index >= 15 is 0 Å². The molecule has 0 spiro atoms. The number of ketones is 1. The van der Waals surface area contributed by atoms with Gasteiger partial charge in [0.1, 0.15) is 11.5 Å². The predicted octanol–water partition coefficient (Wildman–Crippen LogP) is 4.54. The fourth-order valence-corrected chi connectivity index (χ4v) is 2.82. The summed E-state index contributed by atoms with van der Waals surface area (Å²) < 4.78 is 26.6. The summed E-state index contributed by atoms with van der Waals surface area (Å²) in [5, 5.41) is 0. The second kappa shape index (κ2) is 10.2. The average Bonchev–Trinajstić information content (AvgIpc) is 2.82. The van der Waals surface area contributed by atoms with Crippen LogP contribution in [0.4, 0.5) is 0 Å². The summed E-state index contributed by atoms with van der Waals surface area (Å²) in [4.78, 5) is 24.8. The van der Waals surface area contributed by atoms with Crippen LogP contribution >= 0.6 is 0 Å². The first-order valence-electron chi connectivity index (χ1n) is 9.39. The molecule has 0 aliphatic rings. The smallest absolute Gasteiger partial charge is 0.338 e. The number of methoxy groups -OCH3 is 3. The maximum absolute atomic E-state index is 12.5. The number of Topliss-reactive ketones (excluding diaryl/α,β-unsaturated/α-hetero) is 1. The molecule has 0 fully saturated rings. The SMILES string of the molecule is COc1cc(C(=O)COC(=O)c2ccc(Oc3ccccc3)cc2)cc(OC)c1OC. The van der Waals surface area contributed by atoms with Crippen LogP contribution in [0.1, 0.15) is 20.7 Å². The Labute approximate surface area is 180 Å². The third-order valence-electron chi connectivity index (χ3n) is 4.39. The highest BCUT2D eigenvalue weighted by Crippen LogP contribution is 2.38. The normalized spacial score (nSPS) is 10.2. The molecule has 0 atom stereocenters. The third kappa shape index (κ3) is 5.33. The van der Waals surface area contributed by atoms with Gasteiger partial charge in [-0.05, 0) is 48.5 Å². The van der Waals surface area contributed by atoms with Crippen LogP contribution < -0.4 is 18.9 Å². The van der Waals surface area contributed by atoms with E-state index in [1.165, 1.54) is 33.5 Å². The number of carbonyl (C=O) groups excluding carboxylic acids is 2. The van der Waals surface area contributed by atoms with E-state index in [1.807, 2.05) is 30.3 Å². The van der Waals surface area contributed by atoms with Gasteiger partial charge in [0.05, 0.1) is 26.9 Å². The summed E-state index contributed by atoms with van der Waals surface area (Å²) in [5.74, 6) is 1.29. The Morgan fingerprint density at radius 1 is 0.710 bits per heavy atom. The van der Waals surface area contributed by atoms with E-state index in [-0.39, 0.29) is 5.56 Å². The first kappa shape index (κ1) is 21.7. The standard InChI is InChI=1S/C24H22O7/c1-27-21-13-17(14-22(28-2)23(21)29-3)20(25)15-30-24(26)16-9-11-19(12-10-16)31-18-7-5-4-6-8-18/h4-14H,15H2,1-3H3. The van der Waals surface area contributed by atoms with Crippen LogP contribution in [0, 0.1) is 0 Å². The molecule has 0 saturated heterocycles. The molecule has 3 aromatic carbocycles. The van der Waals surface area contributed by atoms with Gasteiger partial charge < -0.3 is 23.7 Å². The Balaban J connectivity index is 1.63. The molecule has 0 saturated carbocycles. The number of esters is 1. The van der Waals surface area contributed by atoms with Gasteiger partial charge in [-0.1, -0.05) is 18.2 Å². The fourth-order valence-electron chi connectivity index (χ4n) is 2.82. The van der Waals surface area contributed by atoms with E-state index in [2.05, 4.69) is 0 Å². The van der Waals surface area contributed by atoms with Crippen molar-refractivity contribution < 1.29 is 33.3 Å². The molecule has 3 aromatic rings. The number of carbonyl (C=O) groups is 2. The van der Waals surface area contributed by atoms with Gasteiger partial charge in [-0.2, -0.15) is 0 Å². The molecule has 0 heterocycles. The highest BCUT2D eigenvalue weighted by atomic mass is 16.5. The zero-order valence-corrected chi connectivity index (χ0v) is 17.4. The molecular weight excluding hydrogens is 400 g/mol. The lowest BCUT2D eigenvalue weighted by molar-refractivity contribution is 0.0474. The maximum Gasteiger partial charge on any atom is 0.338 e. The van der Waals surface area contributed by atoms with E-state index < -0.39 is 18.4 Å². The van der Waals surface area contributed by atoms with Crippen molar-refractivity contribution >= 4 is 11.8 Å². The van der Waals surface area contributed by atoms with Gasteiger partial charge in [-0.15, -0.1) is 0 Å². The molecule has 31 heavy (non-hydrogen) atoms. The second-order valence-electron chi connectivity index (χ2n) is 6.35. The minimum Gasteiger partial charge on any atom is -0.493 e. The highest BCUT2D eigenvalue weighted by molar-refractivity contribution is 6.00. The molecule has 0 aliphatic heterocycles. The van der Waals surface area contributed by atoms with Crippen molar-refractivity contribution in [1.82, 2.24) is 0 Å². The summed E-state index contributed by atoms with van der Waals surface area (Å²) in [6, 6.07) is 18.8. The van der Waals surface area contributed by atoms with Gasteiger partial charge in [0.2, 0.25) is 11.5 Å². The van der Waals surface area contributed by atoms with Crippen molar-refractivity contribution in [2.75, 3.05) is 27.9 Å². The van der Waals surface area contributed by atoms with Gasteiger partial charge in [0, 0.05) is 5.56 Å². The Bertz CT molecular complexity index is 1020. The van der Waals surface area contributed by atoms with Crippen LogP contribution in [0.5, 0.6) is 28.7 Å². The summed E-state index contributed by atoms with van der Waals surface area (Å²) >= 11 is 0. The molecule has 3 rings (SSSR count). The molecular formula is C24H22O7. The van der Waals surface area contributed by atoms with Crippen molar-refractivity contribution in [3.63, 3.8) is 0 Å². The Kier molecular flexibility index (Phi) is 7.11. The molecule has 0 aliphatic carbocycles. The van der Waals surface area contributed by atoms with E-state index in [4.69, 9.17) is 23.7 Å². The monoisotopic (exact) mass is 422 g/mol. The van der Waals surface area contributed by atoms with Gasteiger partial charge in [0.25, 0.3) is 0 Å². The van der Waals surface area contributed by atoms with Crippen LogP contribution in [0.15, 0.2) is 66.7 Å². The van der Waals surface area contributed by atoms with Crippen molar-refractivity contribution in [2.45, 2.75) is 0 Å². The molecule has 0 amide bonds. The Hall–Kier alpha value is -4.00. The molecule has 0 N–H and O–H groups in total. The number of rotatable bonds is 9. The number of ether oxygens (including phenoxy) is 5. The van der Waals surface area contributed by atoms with Crippen molar-refractivity contribution in [3.05, 3.63) is 77.9 Å². The van der Waals surface area contributed by atoms with E-state index in [0.717, 1.165) is 0 Å². The third-order valence-corrected chi connectivity index (χ3v) is 4.39. The van der Waals surface area contributed by atoms with Gasteiger partial charge in [0.15, 0.2) is 18.1 Å². The van der Waals surface area contributed by atoms with Gasteiger partial charge >= 0.3 is 5.97 Å². The van der Waals surface area contributed by atoms with Gasteiger partial charge in [-0.3, -0.25) is 4.79 Å². The zero-order valence-electron chi connectivity index (χ0n) is 17.4.